The molecule has 106 valence electrons. The van der Waals surface area contributed by atoms with E-state index in [1.54, 1.807) is 7.11 Å². The summed E-state index contributed by atoms with van der Waals surface area (Å²) in [5.74, 6) is 1.20. The van der Waals surface area contributed by atoms with Crippen molar-refractivity contribution < 1.29 is 9.15 Å². The van der Waals surface area contributed by atoms with E-state index in [2.05, 4.69) is 10.3 Å². The van der Waals surface area contributed by atoms with Gasteiger partial charge in [0.25, 0.3) is 6.01 Å². The summed E-state index contributed by atoms with van der Waals surface area (Å²) in [4.78, 5) is 4.24. The van der Waals surface area contributed by atoms with Crippen LogP contribution in [0.25, 0.3) is 11.3 Å². The highest BCUT2D eigenvalue weighted by atomic mass is 16.5. The summed E-state index contributed by atoms with van der Waals surface area (Å²) < 4.78 is 10.8. The Bertz CT molecular complexity index is 738. The lowest BCUT2D eigenvalue weighted by atomic mass is 10.1. The highest BCUT2D eigenvalue weighted by Crippen LogP contribution is 2.34. The van der Waals surface area contributed by atoms with Gasteiger partial charge in [-0.2, -0.15) is 4.98 Å². The van der Waals surface area contributed by atoms with E-state index in [0.29, 0.717) is 17.3 Å². The normalized spacial score (nSPS) is 10.3. The van der Waals surface area contributed by atoms with Crippen molar-refractivity contribution in [1.82, 2.24) is 4.98 Å². The molecule has 0 amide bonds. The Balaban J connectivity index is 2.00. The summed E-state index contributed by atoms with van der Waals surface area (Å²) in [6.45, 7) is 0. The SMILES string of the molecule is COc1ccccc1Nc1oc(N)nc1-c1ccccc1. The number of methoxy groups -OCH3 is 1. The molecule has 2 aromatic carbocycles. The first-order chi connectivity index (χ1) is 10.3. The lowest BCUT2D eigenvalue weighted by Crippen LogP contribution is -1.94. The van der Waals surface area contributed by atoms with E-state index in [0.717, 1.165) is 11.3 Å². The number of nitrogen functional groups attached to an aromatic ring is 1. The van der Waals surface area contributed by atoms with Crippen molar-refractivity contribution >= 4 is 17.6 Å². The molecule has 3 rings (SSSR count). The molecule has 0 saturated carbocycles. The van der Waals surface area contributed by atoms with E-state index in [1.165, 1.54) is 0 Å². The number of benzene rings is 2. The number of oxazole rings is 1. The number of ether oxygens (including phenoxy) is 1. The molecule has 0 fully saturated rings. The van der Waals surface area contributed by atoms with Crippen molar-refractivity contribution in [1.29, 1.82) is 0 Å². The standard InChI is InChI=1S/C16H15N3O2/c1-20-13-10-6-5-9-12(13)18-15-14(19-16(17)21-15)11-7-3-2-4-8-11/h2-10,18H,1H3,(H2,17,19). The molecule has 0 aliphatic carbocycles. The number of nitrogens with two attached hydrogens (primary N) is 1. The van der Waals surface area contributed by atoms with Gasteiger partial charge in [-0.15, -0.1) is 0 Å². The van der Waals surface area contributed by atoms with Crippen molar-refractivity contribution in [2.75, 3.05) is 18.2 Å². The first kappa shape index (κ1) is 13.1. The van der Waals surface area contributed by atoms with E-state index in [4.69, 9.17) is 14.9 Å². The second-order valence-corrected chi connectivity index (χ2v) is 4.42. The average molecular weight is 281 g/mol. The highest BCUT2D eigenvalue weighted by Gasteiger charge is 2.15. The predicted octanol–water partition coefficient (Wildman–Crippen LogP) is 3.68. The maximum atomic E-state index is 5.69. The molecule has 0 bridgehead atoms. The molecule has 5 nitrogen and oxygen atoms in total. The van der Waals surface area contributed by atoms with Gasteiger partial charge in [-0.3, -0.25) is 0 Å². The van der Waals surface area contributed by atoms with Gasteiger partial charge in [0.2, 0.25) is 5.88 Å². The molecule has 3 aromatic rings. The van der Waals surface area contributed by atoms with Crippen LogP contribution in [0.2, 0.25) is 0 Å². The zero-order valence-electron chi connectivity index (χ0n) is 11.5. The second kappa shape index (κ2) is 5.58. The summed E-state index contributed by atoms with van der Waals surface area (Å²) in [7, 11) is 1.62. The van der Waals surface area contributed by atoms with E-state index in [1.807, 2.05) is 54.6 Å². The van der Waals surface area contributed by atoms with Crippen molar-refractivity contribution in [3.8, 4) is 17.0 Å². The van der Waals surface area contributed by atoms with Gasteiger partial charge in [-0.25, -0.2) is 0 Å². The van der Waals surface area contributed by atoms with Crippen LogP contribution in [0.3, 0.4) is 0 Å². The van der Waals surface area contributed by atoms with Gasteiger partial charge in [0.05, 0.1) is 12.8 Å². The number of nitrogens with zero attached hydrogens (tertiary/aromatic N) is 1. The number of nitrogens with one attached hydrogen (secondary N) is 1. The van der Waals surface area contributed by atoms with Crippen molar-refractivity contribution in [3.05, 3.63) is 54.6 Å². The highest BCUT2D eigenvalue weighted by molar-refractivity contribution is 5.76. The Kier molecular flexibility index (Phi) is 3.47. The van der Waals surface area contributed by atoms with Gasteiger partial charge in [-0.1, -0.05) is 42.5 Å². The molecule has 0 unspecified atom stereocenters. The van der Waals surface area contributed by atoms with Crippen molar-refractivity contribution in [2.45, 2.75) is 0 Å². The van der Waals surface area contributed by atoms with Gasteiger partial charge >= 0.3 is 0 Å². The molecule has 21 heavy (non-hydrogen) atoms. The Morgan fingerprint density at radius 3 is 2.52 bits per heavy atom. The predicted molar refractivity (Wildman–Crippen MR) is 82.6 cm³/mol. The Hall–Kier alpha value is -2.95. The first-order valence-corrected chi connectivity index (χ1v) is 6.49. The van der Waals surface area contributed by atoms with Gasteiger partial charge in [0.15, 0.2) is 0 Å². The van der Waals surface area contributed by atoms with Crippen LogP contribution in [0.15, 0.2) is 59.0 Å². The number of anilines is 3. The molecular formula is C16H15N3O2. The molecule has 0 aliphatic rings. The Morgan fingerprint density at radius 1 is 1.05 bits per heavy atom. The van der Waals surface area contributed by atoms with Crippen LogP contribution in [-0.4, -0.2) is 12.1 Å². The lowest BCUT2D eigenvalue weighted by molar-refractivity contribution is 0.416. The fourth-order valence-electron chi connectivity index (χ4n) is 2.08. The van der Waals surface area contributed by atoms with E-state index >= 15 is 0 Å². The molecule has 3 N–H and O–H groups in total. The second-order valence-electron chi connectivity index (χ2n) is 4.42. The van der Waals surface area contributed by atoms with Crippen molar-refractivity contribution in [2.24, 2.45) is 0 Å². The van der Waals surface area contributed by atoms with Gasteiger partial charge < -0.3 is 20.2 Å². The smallest absolute Gasteiger partial charge is 0.294 e. The van der Waals surface area contributed by atoms with Crippen LogP contribution >= 0.6 is 0 Å². The molecular weight excluding hydrogens is 266 g/mol. The lowest BCUT2D eigenvalue weighted by Gasteiger charge is -2.09. The maximum Gasteiger partial charge on any atom is 0.294 e. The first-order valence-electron chi connectivity index (χ1n) is 6.49. The van der Waals surface area contributed by atoms with Crippen LogP contribution in [0.4, 0.5) is 17.6 Å². The summed E-state index contributed by atoms with van der Waals surface area (Å²) in [5, 5.41) is 3.18. The number of hydrogen-bond acceptors (Lipinski definition) is 5. The monoisotopic (exact) mass is 281 g/mol. The molecule has 1 heterocycles. The van der Waals surface area contributed by atoms with Crippen LogP contribution in [0.5, 0.6) is 5.75 Å². The molecule has 0 atom stereocenters. The van der Waals surface area contributed by atoms with Crippen LogP contribution in [0, 0.1) is 0 Å². The van der Waals surface area contributed by atoms with Crippen LogP contribution in [-0.2, 0) is 0 Å². The summed E-state index contributed by atoms with van der Waals surface area (Å²) in [5.41, 5.74) is 8.07. The zero-order valence-corrected chi connectivity index (χ0v) is 11.5. The minimum Gasteiger partial charge on any atom is -0.495 e. The average Bonchev–Trinajstić information content (AvgIpc) is 2.89. The number of para-hydroxylation sites is 2. The molecule has 0 radical (unpaired) electrons. The summed E-state index contributed by atoms with van der Waals surface area (Å²) >= 11 is 0. The minimum atomic E-state index is 0.117. The fraction of sp³-hybridized carbons (Fsp3) is 0.0625. The Labute approximate surface area is 122 Å². The molecule has 0 spiro atoms. The number of rotatable bonds is 4. The summed E-state index contributed by atoms with van der Waals surface area (Å²) in [6.07, 6.45) is 0. The quantitative estimate of drug-likeness (QED) is 0.763. The molecule has 0 aliphatic heterocycles. The minimum absolute atomic E-state index is 0.117. The van der Waals surface area contributed by atoms with E-state index < -0.39 is 0 Å². The topological polar surface area (TPSA) is 73.3 Å². The van der Waals surface area contributed by atoms with Gasteiger partial charge in [0, 0.05) is 5.56 Å². The van der Waals surface area contributed by atoms with E-state index in [9.17, 15) is 0 Å². The molecule has 5 heteroatoms. The van der Waals surface area contributed by atoms with Crippen LogP contribution in [0.1, 0.15) is 0 Å². The third-order valence-corrected chi connectivity index (χ3v) is 3.05. The maximum absolute atomic E-state index is 5.69. The summed E-state index contributed by atoms with van der Waals surface area (Å²) in [6, 6.07) is 17.4. The third-order valence-electron chi connectivity index (χ3n) is 3.05. The fourth-order valence-corrected chi connectivity index (χ4v) is 2.08. The van der Waals surface area contributed by atoms with E-state index in [-0.39, 0.29) is 6.01 Å². The van der Waals surface area contributed by atoms with Gasteiger partial charge in [-0.05, 0) is 12.1 Å². The van der Waals surface area contributed by atoms with Crippen molar-refractivity contribution in [3.63, 3.8) is 0 Å². The Morgan fingerprint density at radius 2 is 1.76 bits per heavy atom. The van der Waals surface area contributed by atoms with Gasteiger partial charge in [0.1, 0.15) is 11.4 Å². The molecule has 1 aromatic heterocycles. The number of hydrogen-bond donors (Lipinski definition) is 2. The largest absolute Gasteiger partial charge is 0.495 e. The molecule has 0 saturated heterocycles. The van der Waals surface area contributed by atoms with Crippen LogP contribution < -0.4 is 15.8 Å². The zero-order chi connectivity index (χ0) is 14.7. The number of aromatic nitrogens is 1. The third kappa shape index (κ3) is 2.67.